The van der Waals surface area contributed by atoms with Crippen LogP contribution in [0.15, 0.2) is 61.2 Å². The van der Waals surface area contributed by atoms with E-state index in [1.807, 2.05) is 30.3 Å². The van der Waals surface area contributed by atoms with Gasteiger partial charge in [-0.05, 0) is 48.6 Å². The van der Waals surface area contributed by atoms with E-state index in [1.165, 1.54) is 0 Å². The molecule has 0 aliphatic carbocycles. The van der Waals surface area contributed by atoms with Gasteiger partial charge in [0.25, 0.3) is 5.91 Å². The Morgan fingerprint density at radius 3 is 2.87 bits per heavy atom. The van der Waals surface area contributed by atoms with Crippen LogP contribution in [0, 0.1) is 5.92 Å². The third-order valence-corrected chi connectivity index (χ3v) is 5.35. The normalized spacial score (nSPS) is 16.0. The van der Waals surface area contributed by atoms with Gasteiger partial charge in [0.05, 0.1) is 0 Å². The molecular formula is C23H26N6O2. The fourth-order valence-corrected chi connectivity index (χ4v) is 3.70. The zero-order valence-corrected chi connectivity index (χ0v) is 17.2. The molecule has 0 bridgehead atoms. The van der Waals surface area contributed by atoms with E-state index < -0.39 is 0 Å². The molecule has 0 radical (unpaired) electrons. The van der Waals surface area contributed by atoms with Crippen LogP contribution in [-0.4, -0.2) is 45.7 Å². The van der Waals surface area contributed by atoms with E-state index in [0.717, 1.165) is 48.8 Å². The van der Waals surface area contributed by atoms with Crippen LogP contribution in [0.5, 0.6) is 0 Å². The first-order valence-corrected chi connectivity index (χ1v) is 10.4. The van der Waals surface area contributed by atoms with Crippen LogP contribution < -0.4 is 15.5 Å². The molecule has 1 fully saturated rings. The Morgan fingerprint density at radius 1 is 1.16 bits per heavy atom. The standard InChI is InChI=1S/C23H26N6O2/c30-15-18-4-2-10-29(14-18)22-12-21(26-16-27-22)25-13-17-3-1-5-20(11-17)28-23(31)19-6-8-24-9-7-19/h1,3,5-9,11-12,16,18,30H,2,4,10,13-15H2,(H,28,31)(H,25,26,27). The minimum Gasteiger partial charge on any atom is -0.396 e. The summed E-state index contributed by atoms with van der Waals surface area (Å²) in [6.07, 6.45) is 6.86. The van der Waals surface area contributed by atoms with Crippen molar-refractivity contribution in [1.82, 2.24) is 15.0 Å². The highest BCUT2D eigenvalue weighted by molar-refractivity contribution is 6.04. The molecule has 1 unspecified atom stereocenters. The van der Waals surface area contributed by atoms with E-state index in [9.17, 15) is 9.90 Å². The molecule has 8 heteroatoms. The molecule has 3 N–H and O–H groups in total. The molecule has 1 aliphatic rings. The third kappa shape index (κ3) is 5.55. The second kappa shape index (κ2) is 9.99. The number of nitrogens with one attached hydrogen (secondary N) is 2. The number of benzene rings is 1. The molecule has 4 rings (SSSR count). The fourth-order valence-electron chi connectivity index (χ4n) is 3.70. The highest BCUT2D eigenvalue weighted by Crippen LogP contribution is 2.23. The Hall–Kier alpha value is -3.52. The van der Waals surface area contributed by atoms with Crippen LogP contribution in [-0.2, 0) is 6.54 Å². The van der Waals surface area contributed by atoms with Gasteiger partial charge in [-0.2, -0.15) is 0 Å². The number of rotatable bonds is 7. The van der Waals surface area contributed by atoms with Gasteiger partial charge in [0, 0.05) is 56.0 Å². The van der Waals surface area contributed by atoms with Crippen molar-refractivity contribution in [2.24, 2.45) is 5.92 Å². The first kappa shape index (κ1) is 20.7. The van der Waals surface area contributed by atoms with E-state index in [1.54, 1.807) is 30.9 Å². The molecule has 0 spiro atoms. The summed E-state index contributed by atoms with van der Waals surface area (Å²) in [6.45, 7) is 2.52. The maximum absolute atomic E-state index is 12.3. The van der Waals surface area contributed by atoms with Crippen molar-refractivity contribution in [3.05, 3.63) is 72.3 Å². The van der Waals surface area contributed by atoms with Gasteiger partial charge < -0.3 is 20.6 Å². The van der Waals surface area contributed by atoms with Crippen molar-refractivity contribution in [2.75, 3.05) is 35.2 Å². The number of nitrogens with zero attached hydrogens (tertiary/aromatic N) is 4. The molecule has 160 valence electrons. The minimum atomic E-state index is -0.171. The number of aromatic nitrogens is 3. The lowest BCUT2D eigenvalue weighted by Crippen LogP contribution is -2.37. The van der Waals surface area contributed by atoms with Crippen molar-refractivity contribution in [3.8, 4) is 0 Å². The summed E-state index contributed by atoms with van der Waals surface area (Å²) in [5.41, 5.74) is 2.31. The number of anilines is 3. The van der Waals surface area contributed by atoms with Gasteiger partial charge in [-0.15, -0.1) is 0 Å². The summed E-state index contributed by atoms with van der Waals surface area (Å²) in [5, 5.41) is 15.7. The summed E-state index contributed by atoms with van der Waals surface area (Å²) in [5.74, 6) is 1.73. The average Bonchev–Trinajstić information content (AvgIpc) is 2.84. The predicted molar refractivity (Wildman–Crippen MR) is 120 cm³/mol. The molecule has 0 saturated carbocycles. The van der Waals surface area contributed by atoms with Crippen molar-refractivity contribution in [2.45, 2.75) is 19.4 Å². The molecule has 1 aromatic carbocycles. The highest BCUT2D eigenvalue weighted by Gasteiger charge is 2.20. The van der Waals surface area contributed by atoms with Gasteiger partial charge in [-0.3, -0.25) is 9.78 Å². The Morgan fingerprint density at radius 2 is 2.03 bits per heavy atom. The zero-order valence-electron chi connectivity index (χ0n) is 17.2. The number of aliphatic hydroxyl groups excluding tert-OH is 1. The molecule has 2 aromatic heterocycles. The van der Waals surface area contributed by atoms with Crippen LogP contribution in [0.3, 0.4) is 0 Å². The lowest BCUT2D eigenvalue weighted by Gasteiger charge is -2.32. The minimum absolute atomic E-state index is 0.171. The number of carbonyl (C=O) groups excluding carboxylic acids is 1. The lowest BCUT2D eigenvalue weighted by molar-refractivity contribution is 0.102. The first-order valence-electron chi connectivity index (χ1n) is 10.4. The lowest BCUT2D eigenvalue weighted by atomic mass is 9.99. The number of amides is 1. The molecular weight excluding hydrogens is 392 g/mol. The Balaban J connectivity index is 1.37. The molecule has 3 aromatic rings. The number of pyridine rings is 1. The summed E-state index contributed by atoms with van der Waals surface area (Å²) in [4.78, 5) is 27.2. The van der Waals surface area contributed by atoms with Crippen molar-refractivity contribution in [3.63, 3.8) is 0 Å². The van der Waals surface area contributed by atoms with Crippen molar-refractivity contribution >= 4 is 23.2 Å². The smallest absolute Gasteiger partial charge is 0.255 e. The fraction of sp³-hybridized carbons (Fsp3) is 0.304. The summed E-state index contributed by atoms with van der Waals surface area (Å²) in [6, 6.07) is 13.0. The summed E-state index contributed by atoms with van der Waals surface area (Å²) < 4.78 is 0. The second-order valence-electron chi connectivity index (χ2n) is 7.64. The second-order valence-corrected chi connectivity index (χ2v) is 7.64. The molecule has 8 nitrogen and oxygen atoms in total. The number of piperidine rings is 1. The van der Waals surface area contributed by atoms with Gasteiger partial charge >= 0.3 is 0 Å². The van der Waals surface area contributed by atoms with Crippen LogP contribution in [0.1, 0.15) is 28.8 Å². The van der Waals surface area contributed by atoms with E-state index in [0.29, 0.717) is 18.0 Å². The average molecular weight is 419 g/mol. The topological polar surface area (TPSA) is 103 Å². The van der Waals surface area contributed by atoms with E-state index in [-0.39, 0.29) is 12.5 Å². The van der Waals surface area contributed by atoms with Crippen molar-refractivity contribution in [1.29, 1.82) is 0 Å². The Labute approximate surface area is 181 Å². The highest BCUT2D eigenvalue weighted by atomic mass is 16.3. The monoisotopic (exact) mass is 418 g/mol. The number of hydrogen-bond donors (Lipinski definition) is 3. The molecule has 1 saturated heterocycles. The summed E-state index contributed by atoms with van der Waals surface area (Å²) in [7, 11) is 0. The third-order valence-electron chi connectivity index (χ3n) is 5.35. The number of hydrogen-bond acceptors (Lipinski definition) is 7. The Bertz CT molecular complexity index is 1010. The van der Waals surface area contributed by atoms with Crippen LogP contribution in [0.25, 0.3) is 0 Å². The molecule has 3 heterocycles. The molecule has 1 amide bonds. The van der Waals surface area contributed by atoms with Crippen LogP contribution in [0.4, 0.5) is 17.3 Å². The van der Waals surface area contributed by atoms with Gasteiger partial charge in [-0.25, -0.2) is 9.97 Å². The Kier molecular flexibility index (Phi) is 6.68. The van der Waals surface area contributed by atoms with Crippen molar-refractivity contribution < 1.29 is 9.90 Å². The number of aliphatic hydroxyl groups is 1. The van der Waals surface area contributed by atoms with Crippen LogP contribution >= 0.6 is 0 Å². The van der Waals surface area contributed by atoms with Gasteiger partial charge in [0.15, 0.2) is 0 Å². The van der Waals surface area contributed by atoms with E-state index in [2.05, 4.69) is 30.5 Å². The van der Waals surface area contributed by atoms with Gasteiger partial charge in [-0.1, -0.05) is 12.1 Å². The predicted octanol–water partition coefficient (Wildman–Crippen LogP) is 2.94. The van der Waals surface area contributed by atoms with E-state index in [4.69, 9.17) is 0 Å². The number of carbonyl (C=O) groups is 1. The van der Waals surface area contributed by atoms with E-state index >= 15 is 0 Å². The quantitative estimate of drug-likeness (QED) is 0.542. The SMILES string of the molecule is O=C(Nc1cccc(CNc2cc(N3CCCC(CO)C3)ncn2)c1)c1ccncc1. The maximum atomic E-state index is 12.3. The van der Waals surface area contributed by atoms with Gasteiger partial charge in [0.2, 0.25) is 0 Å². The van der Waals surface area contributed by atoms with Crippen LogP contribution in [0.2, 0.25) is 0 Å². The van der Waals surface area contributed by atoms with Gasteiger partial charge in [0.1, 0.15) is 18.0 Å². The zero-order chi connectivity index (χ0) is 21.5. The maximum Gasteiger partial charge on any atom is 0.255 e. The first-order chi connectivity index (χ1) is 15.2. The molecule has 1 atom stereocenters. The molecule has 1 aliphatic heterocycles. The largest absolute Gasteiger partial charge is 0.396 e. The molecule has 31 heavy (non-hydrogen) atoms. The summed E-state index contributed by atoms with van der Waals surface area (Å²) >= 11 is 0.